The smallest absolute Gasteiger partial charge is 0.274 e. The highest BCUT2D eigenvalue weighted by Gasteiger charge is 2.28. The predicted octanol–water partition coefficient (Wildman–Crippen LogP) is 0.752. The summed E-state index contributed by atoms with van der Waals surface area (Å²) in [6.45, 7) is 10.2. The summed E-state index contributed by atoms with van der Waals surface area (Å²) in [5.74, 6) is 0.815. The second-order valence-corrected chi connectivity index (χ2v) is 5.43. The topological polar surface area (TPSA) is 50.6 Å². The molecule has 0 aromatic carbocycles. The summed E-state index contributed by atoms with van der Waals surface area (Å²) in [5.41, 5.74) is 1.44. The van der Waals surface area contributed by atoms with Gasteiger partial charge in [-0.3, -0.25) is 4.79 Å². The zero-order chi connectivity index (χ0) is 14.1. The van der Waals surface area contributed by atoms with Crippen LogP contribution in [-0.4, -0.2) is 64.8 Å². The van der Waals surface area contributed by atoms with Gasteiger partial charge in [0.2, 0.25) is 5.88 Å². The lowest BCUT2D eigenvalue weighted by molar-refractivity contribution is 0.0636. The molecule has 2 aliphatic rings. The maximum Gasteiger partial charge on any atom is 0.274 e. The Bertz CT molecular complexity index is 504. The summed E-state index contributed by atoms with van der Waals surface area (Å²) in [6.07, 6.45) is 0.955. The molecule has 0 spiro atoms. The Morgan fingerprint density at radius 3 is 2.65 bits per heavy atom. The molecule has 6 nitrogen and oxygen atoms in total. The van der Waals surface area contributed by atoms with Gasteiger partial charge in [0.05, 0.1) is 6.61 Å². The van der Waals surface area contributed by atoms with Crippen LogP contribution in [0.3, 0.4) is 0 Å². The molecule has 3 rings (SSSR count). The van der Waals surface area contributed by atoms with Crippen molar-refractivity contribution < 1.29 is 9.53 Å². The van der Waals surface area contributed by atoms with E-state index in [0.717, 1.165) is 63.7 Å². The van der Waals surface area contributed by atoms with Crippen molar-refractivity contribution in [3.8, 4) is 5.88 Å². The SMILES string of the molecule is CCN1CCN(C(=O)c2nn3c(c2C)OCCC3)CC1. The van der Waals surface area contributed by atoms with Gasteiger partial charge in [-0.2, -0.15) is 5.10 Å². The quantitative estimate of drug-likeness (QED) is 0.801. The molecule has 2 aliphatic heterocycles. The first-order valence-corrected chi connectivity index (χ1v) is 7.42. The van der Waals surface area contributed by atoms with Crippen LogP contribution in [-0.2, 0) is 6.54 Å². The van der Waals surface area contributed by atoms with Crippen LogP contribution >= 0.6 is 0 Å². The Balaban J connectivity index is 1.76. The van der Waals surface area contributed by atoms with Crippen LogP contribution in [0.5, 0.6) is 5.88 Å². The molecule has 1 amide bonds. The number of ether oxygens (including phenoxy) is 1. The molecule has 3 heterocycles. The van der Waals surface area contributed by atoms with Gasteiger partial charge in [-0.15, -0.1) is 0 Å². The number of aryl methyl sites for hydroxylation is 1. The Morgan fingerprint density at radius 1 is 1.25 bits per heavy atom. The van der Waals surface area contributed by atoms with E-state index in [-0.39, 0.29) is 5.91 Å². The molecule has 0 radical (unpaired) electrons. The molecule has 0 atom stereocenters. The molecule has 1 fully saturated rings. The zero-order valence-corrected chi connectivity index (χ0v) is 12.3. The van der Waals surface area contributed by atoms with Gasteiger partial charge in [0.25, 0.3) is 5.91 Å². The lowest BCUT2D eigenvalue weighted by atomic mass is 10.2. The van der Waals surface area contributed by atoms with Gasteiger partial charge in [-0.25, -0.2) is 4.68 Å². The third-order valence-corrected chi connectivity index (χ3v) is 4.19. The Morgan fingerprint density at radius 2 is 2.00 bits per heavy atom. The van der Waals surface area contributed by atoms with Gasteiger partial charge in [0.15, 0.2) is 5.69 Å². The molecule has 0 saturated carbocycles. The monoisotopic (exact) mass is 278 g/mol. The summed E-state index contributed by atoms with van der Waals surface area (Å²) >= 11 is 0. The van der Waals surface area contributed by atoms with Crippen molar-refractivity contribution in [3.05, 3.63) is 11.3 Å². The molecule has 0 N–H and O–H groups in total. The molecular formula is C14H22N4O2. The third-order valence-electron chi connectivity index (χ3n) is 4.19. The lowest BCUT2D eigenvalue weighted by Gasteiger charge is -2.33. The van der Waals surface area contributed by atoms with E-state index in [1.54, 1.807) is 0 Å². The second kappa shape index (κ2) is 5.44. The van der Waals surface area contributed by atoms with Crippen LogP contribution in [0.25, 0.3) is 0 Å². The van der Waals surface area contributed by atoms with Gasteiger partial charge in [0.1, 0.15) is 0 Å². The highest BCUT2D eigenvalue weighted by Crippen LogP contribution is 2.26. The number of amides is 1. The van der Waals surface area contributed by atoms with Gasteiger partial charge in [0, 0.05) is 44.7 Å². The molecule has 1 aromatic rings. The van der Waals surface area contributed by atoms with Gasteiger partial charge in [-0.1, -0.05) is 6.92 Å². The molecule has 110 valence electrons. The van der Waals surface area contributed by atoms with Crippen LogP contribution in [0.15, 0.2) is 0 Å². The average Bonchev–Trinajstić information content (AvgIpc) is 2.84. The first-order chi connectivity index (χ1) is 9.70. The molecular weight excluding hydrogens is 256 g/mol. The van der Waals surface area contributed by atoms with Crippen molar-refractivity contribution in [2.75, 3.05) is 39.3 Å². The van der Waals surface area contributed by atoms with E-state index >= 15 is 0 Å². The standard InChI is InChI=1S/C14H22N4O2/c1-3-16-6-8-17(9-7-16)13(19)12-11(2)14-18(15-12)5-4-10-20-14/h3-10H2,1-2H3. The zero-order valence-electron chi connectivity index (χ0n) is 12.3. The maximum absolute atomic E-state index is 12.6. The number of hydrogen-bond donors (Lipinski definition) is 0. The first kappa shape index (κ1) is 13.4. The molecule has 1 saturated heterocycles. The predicted molar refractivity (Wildman–Crippen MR) is 75.1 cm³/mol. The summed E-state index contributed by atoms with van der Waals surface area (Å²) in [6, 6.07) is 0. The number of piperazine rings is 1. The maximum atomic E-state index is 12.6. The minimum atomic E-state index is 0.0451. The Kier molecular flexibility index (Phi) is 3.65. The molecule has 0 aliphatic carbocycles. The van der Waals surface area contributed by atoms with E-state index in [1.165, 1.54) is 0 Å². The van der Waals surface area contributed by atoms with Crippen molar-refractivity contribution in [1.82, 2.24) is 19.6 Å². The second-order valence-electron chi connectivity index (χ2n) is 5.43. The summed E-state index contributed by atoms with van der Waals surface area (Å²) < 4.78 is 7.46. The minimum Gasteiger partial charge on any atom is -0.478 e. The van der Waals surface area contributed by atoms with E-state index in [1.807, 2.05) is 16.5 Å². The van der Waals surface area contributed by atoms with Gasteiger partial charge >= 0.3 is 0 Å². The van der Waals surface area contributed by atoms with Crippen molar-refractivity contribution in [2.24, 2.45) is 0 Å². The van der Waals surface area contributed by atoms with E-state index in [4.69, 9.17) is 4.74 Å². The normalized spacial score (nSPS) is 19.6. The summed E-state index contributed by atoms with van der Waals surface area (Å²) in [7, 11) is 0. The number of carbonyl (C=O) groups is 1. The fourth-order valence-electron chi connectivity index (χ4n) is 2.87. The van der Waals surface area contributed by atoms with Crippen molar-refractivity contribution in [2.45, 2.75) is 26.8 Å². The number of carbonyl (C=O) groups excluding carboxylic acids is 1. The molecule has 1 aromatic heterocycles. The summed E-state index contributed by atoms with van der Waals surface area (Å²) in [4.78, 5) is 16.9. The van der Waals surface area contributed by atoms with Crippen LogP contribution < -0.4 is 4.74 Å². The number of nitrogens with zero attached hydrogens (tertiary/aromatic N) is 4. The van der Waals surface area contributed by atoms with E-state index in [2.05, 4.69) is 16.9 Å². The highest BCUT2D eigenvalue weighted by molar-refractivity contribution is 5.94. The Hall–Kier alpha value is -1.56. The number of hydrogen-bond acceptors (Lipinski definition) is 4. The fraction of sp³-hybridized carbons (Fsp3) is 0.714. The van der Waals surface area contributed by atoms with Crippen LogP contribution in [0.1, 0.15) is 29.4 Å². The fourth-order valence-corrected chi connectivity index (χ4v) is 2.87. The largest absolute Gasteiger partial charge is 0.478 e. The number of rotatable bonds is 2. The first-order valence-electron chi connectivity index (χ1n) is 7.42. The van der Waals surface area contributed by atoms with E-state index in [9.17, 15) is 4.79 Å². The van der Waals surface area contributed by atoms with Crippen molar-refractivity contribution in [3.63, 3.8) is 0 Å². The third kappa shape index (κ3) is 2.28. The van der Waals surface area contributed by atoms with Crippen LogP contribution in [0.2, 0.25) is 0 Å². The number of likely N-dealkylation sites (N-methyl/N-ethyl adjacent to an activating group) is 1. The van der Waals surface area contributed by atoms with E-state index < -0.39 is 0 Å². The molecule has 20 heavy (non-hydrogen) atoms. The lowest BCUT2D eigenvalue weighted by Crippen LogP contribution is -2.48. The van der Waals surface area contributed by atoms with Crippen molar-refractivity contribution in [1.29, 1.82) is 0 Å². The van der Waals surface area contributed by atoms with Crippen LogP contribution in [0, 0.1) is 6.92 Å². The van der Waals surface area contributed by atoms with Gasteiger partial charge in [-0.05, 0) is 13.5 Å². The number of fused-ring (bicyclic) bond motifs is 1. The highest BCUT2D eigenvalue weighted by atomic mass is 16.5. The van der Waals surface area contributed by atoms with Crippen LogP contribution in [0.4, 0.5) is 0 Å². The molecule has 0 unspecified atom stereocenters. The Labute approximate surface area is 119 Å². The average molecular weight is 278 g/mol. The van der Waals surface area contributed by atoms with Gasteiger partial charge < -0.3 is 14.5 Å². The summed E-state index contributed by atoms with van der Waals surface area (Å²) in [5, 5.41) is 4.45. The number of aromatic nitrogens is 2. The van der Waals surface area contributed by atoms with Crippen molar-refractivity contribution >= 4 is 5.91 Å². The minimum absolute atomic E-state index is 0.0451. The molecule has 0 bridgehead atoms. The molecule has 6 heteroatoms. The van der Waals surface area contributed by atoms with E-state index in [0.29, 0.717) is 5.69 Å².